The minimum Gasteiger partial charge on any atom is -0.507 e. The smallest absolute Gasteiger partial charge is 0.339 e. The first-order chi connectivity index (χ1) is 12.0. The minimum absolute atomic E-state index is 0.0944. The molecule has 0 radical (unpaired) electrons. The van der Waals surface area contributed by atoms with Crippen LogP contribution in [0.25, 0.3) is 0 Å². The highest BCUT2D eigenvalue weighted by Crippen LogP contribution is 2.26. The molecule has 2 aromatic rings. The molecule has 0 heterocycles. The number of carboxylic acid groups (broad SMARTS) is 1. The van der Waals surface area contributed by atoms with E-state index in [4.69, 9.17) is 9.84 Å². The number of phenolic OH excluding ortho intramolecular Hbond substituents is 2. The molecule has 134 valence electrons. The Balaban J connectivity index is 1.62. The number of aromatic hydroxyl groups is 3. The van der Waals surface area contributed by atoms with Gasteiger partial charge in [-0.05, 0) is 49.1 Å². The summed E-state index contributed by atoms with van der Waals surface area (Å²) in [7, 11) is 0. The molecular weight excluding hydrogens is 324 g/mol. The maximum absolute atomic E-state index is 10.8. The normalized spacial score (nSPS) is 10.6. The number of carbonyl (C=O) groups is 1. The lowest BCUT2D eigenvalue weighted by Gasteiger charge is -2.08. The highest BCUT2D eigenvalue weighted by Gasteiger charge is 2.09. The van der Waals surface area contributed by atoms with Gasteiger partial charge in [0.25, 0.3) is 0 Å². The van der Waals surface area contributed by atoms with Crippen LogP contribution in [-0.4, -0.2) is 33.0 Å². The summed E-state index contributed by atoms with van der Waals surface area (Å²) >= 11 is 0. The molecule has 0 fully saturated rings. The fourth-order valence-corrected chi connectivity index (χ4v) is 2.48. The Bertz CT molecular complexity index is 726. The monoisotopic (exact) mass is 346 g/mol. The van der Waals surface area contributed by atoms with Crippen LogP contribution in [0.2, 0.25) is 0 Å². The SMILES string of the molecule is O=C(O)c1ccc(OCCCCCCc2ccc(O)c(O)c2)cc1O. The number of ether oxygens (including phenoxy) is 1. The molecule has 4 N–H and O–H groups in total. The lowest BCUT2D eigenvalue weighted by molar-refractivity contribution is 0.0693. The number of carboxylic acids is 1. The van der Waals surface area contributed by atoms with Crippen molar-refractivity contribution in [3.63, 3.8) is 0 Å². The molecule has 0 atom stereocenters. The van der Waals surface area contributed by atoms with Crippen LogP contribution in [0.5, 0.6) is 23.0 Å². The molecular formula is C19H22O6. The number of aryl methyl sites for hydroxylation is 1. The van der Waals surface area contributed by atoms with Crippen molar-refractivity contribution in [2.24, 2.45) is 0 Å². The lowest BCUT2D eigenvalue weighted by Crippen LogP contribution is -2.00. The van der Waals surface area contributed by atoms with Crippen molar-refractivity contribution in [1.82, 2.24) is 0 Å². The van der Waals surface area contributed by atoms with E-state index >= 15 is 0 Å². The van der Waals surface area contributed by atoms with Crippen LogP contribution in [0.4, 0.5) is 0 Å². The third-order valence-corrected chi connectivity index (χ3v) is 3.87. The quantitative estimate of drug-likeness (QED) is 0.407. The van der Waals surface area contributed by atoms with E-state index in [2.05, 4.69) is 0 Å². The first-order valence-electron chi connectivity index (χ1n) is 8.17. The molecule has 0 spiro atoms. The molecule has 0 aliphatic heterocycles. The van der Waals surface area contributed by atoms with Gasteiger partial charge in [-0.1, -0.05) is 18.9 Å². The molecule has 0 saturated heterocycles. The van der Waals surface area contributed by atoms with Crippen molar-refractivity contribution in [2.45, 2.75) is 32.1 Å². The second kappa shape index (κ2) is 8.82. The molecule has 0 amide bonds. The van der Waals surface area contributed by atoms with E-state index in [0.717, 1.165) is 37.7 Å². The van der Waals surface area contributed by atoms with Gasteiger partial charge in [0.15, 0.2) is 11.5 Å². The molecule has 6 heteroatoms. The van der Waals surface area contributed by atoms with Crippen molar-refractivity contribution < 1.29 is 30.0 Å². The third-order valence-electron chi connectivity index (χ3n) is 3.87. The second-order valence-electron chi connectivity index (χ2n) is 5.82. The zero-order valence-corrected chi connectivity index (χ0v) is 13.8. The van der Waals surface area contributed by atoms with Crippen LogP contribution in [0.15, 0.2) is 36.4 Å². The molecule has 6 nitrogen and oxygen atoms in total. The molecule has 25 heavy (non-hydrogen) atoms. The molecule has 2 aromatic carbocycles. The third kappa shape index (κ3) is 5.60. The van der Waals surface area contributed by atoms with E-state index in [1.165, 1.54) is 24.3 Å². The van der Waals surface area contributed by atoms with Crippen LogP contribution in [0.3, 0.4) is 0 Å². The predicted molar refractivity (Wildman–Crippen MR) is 92.5 cm³/mol. The van der Waals surface area contributed by atoms with Gasteiger partial charge in [-0.2, -0.15) is 0 Å². The van der Waals surface area contributed by atoms with Crippen molar-refractivity contribution in [3.05, 3.63) is 47.5 Å². The largest absolute Gasteiger partial charge is 0.507 e. The second-order valence-corrected chi connectivity index (χ2v) is 5.82. The number of hydrogen-bond acceptors (Lipinski definition) is 5. The predicted octanol–water partition coefficient (Wildman–Crippen LogP) is 3.68. The maximum atomic E-state index is 10.8. The summed E-state index contributed by atoms with van der Waals surface area (Å²) in [4.78, 5) is 10.8. The van der Waals surface area contributed by atoms with Gasteiger partial charge in [-0.3, -0.25) is 0 Å². The van der Waals surface area contributed by atoms with E-state index in [0.29, 0.717) is 12.4 Å². The van der Waals surface area contributed by atoms with Gasteiger partial charge in [0.05, 0.1) is 6.61 Å². The fourth-order valence-electron chi connectivity index (χ4n) is 2.48. The maximum Gasteiger partial charge on any atom is 0.339 e. The molecule has 2 rings (SSSR count). The number of aromatic carboxylic acids is 1. The molecule has 0 aromatic heterocycles. The van der Waals surface area contributed by atoms with Gasteiger partial charge < -0.3 is 25.2 Å². The lowest BCUT2D eigenvalue weighted by atomic mass is 10.1. The van der Waals surface area contributed by atoms with Crippen molar-refractivity contribution in [1.29, 1.82) is 0 Å². The van der Waals surface area contributed by atoms with Crippen LogP contribution in [-0.2, 0) is 6.42 Å². The number of hydrogen-bond donors (Lipinski definition) is 4. The van der Waals surface area contributed by atoms with Gasteiger partial charge in [0, 0.05) is 6.07 Å². The van der Waals surface area contributed by atoms with E-state index in [1.54, 1.807) is 12.1 Å². The Kier molecular flexibility index (Phi) is 6.51. The Morgan fingerprint density at radius 3 is 2.28 bits per heavy atom. The molecule has 0 aliphatic carbocycles. The van der Waals surface area contributed by atoms with Gasteiger partial charge >= 0.3 is 5.97 Å². The van der Waals surface area contributed by atoms with Crippen LogP contribution < -0.4 is 4.74 Å². The highest BCUT2D eigenvalue weighted by molar-refractivity contribution is 5.90. The summed E-state index contributed by atoms with van der Waals surface area (Å²) in [6, 6.07) is 9.02. The number of unbranched alkanes of at least 4 members (excludes halogenated alkanes) is 3. The summed E-state index contributed by atoms with van der Waals surface area (Å²) in [5.74, 6) is -1.23. The Hall–Kier alpha value is -2.89. The van der Waals surface area contributed by atoms with Crippen LogP contribution in [0, 0.1) is 0 Å². The van der Waals surface area contributed by atoms with Crippen molar-refractivity contribution >= 4 is 5.97 Å². The van der Waals surface area contributed by atoms with Crippen LogP contribution in [0.1, 0.15) is 41.6 Å². The minimum atomic E-state index is -1.18. The summed E-state index contributed by atoms with van der Waals surface area (Å²) in [5.41, 5.74) is 0.841. The van der Waals surface area contributed by atoms with Gasteiger partial charge in [0.1, 0.15) is 17.1 Å². The van der Waals surface area contributed by atoms with E-state index < -0.39 is 5.97 Å². The molecule has 0 unspecified atom stereocenters. The molecule has 0 bridgehead atoms. The van der Waals surface area contributed by atoms with Gasteiger partial charge in [-0.25, -0.2) is 4.79 Å². The summed E-state index contributed by atoms with van der Waals surface area (Å²) < 4.78 is 5.50. The standard InChI is InChI=1S/C19H22O6/c20-16-9-6-13(11-18(16)22)5-3-1-2-4-10-25-14-7-8-15(19(23)24)17(21)12-14/h6-9,11-12,20-22H,1-5,10H2,(H,23,24). The average molecular weight is 346 g/mol. The van der Waals surface area contributed by atoms with Crippen molar-refractivity contribution in [2.75, 3.05) is 6.61 Å². The van der Waals surface area contributed by atoms with E-state index in [1.807, 2.05) is 0 Å². The molecule has 0 saturated carbocycles. The fraction of sp³-hybridized carbons (Fsp3) is 0.316. The first-order valence-corrected chi connectivity index (χ1v) is 8.17. The average Bonchev–Trinajstić information content (AvgIpc) is 2.57. The topological polar surface area (TPSA) is 107 Å². The molecule has 0 aliphatic rings. The first kappa shape index (κ1) is 18.4. The summed E-state index contributed by atoms with van der Waals surface area (Å²) in [6.07, 6.45) is 4.64. The zero-order chi connectivity index (χ0) is 18.2. The Morgan fingerprint density at radius 2 is 1.60 bits per heavy atom. The van der Waals surface area contributed by atoms with Gasteiger partial charge in [-0.15, -0.1) is 0 Å². The van der Waals surface area contributed by atoms with Gasteiger partial charge in [0.2, 0.25) is 0 Å². The Morgan fingerprint density at radius 1 is 0.840 bits per heavy atom. The van der Waals surface area contributed by atoms with Crippen molar-refractivity contribution in [3.8, 4) is 23.0 Å². The van der Waals surface area contributed by atoms with E-state index in [9.17, 15) is 20.1 Å². The van der Waals surface area contributed by atoms with Crippen LogP contribution >= 0.6 is 0 Å². The number of benzene rings is 2. The highest BCUT2D eigenvalue weighted by atomic mass is 16.5. The number of phenols is 3. The summed E-state index contributed by atoms with van der Waals surface area (Å²) in [6.45, 7) is 0.492. The zero-order valence-electron chi connectivity index (χ0n) is 13.8. The number of rotatable bonds is 9. The Labute approximate surface area is 145 Å². The van der Waals surface area contributed by atoms with E-state index in [-0.39, 0.29) is 22.8 Å². The summed E-state index contributed by atoms with van der Waals surface area (Å²) in [5, 5.41) is 37.1.